The molecule has 0 saturated carbocycles. The van der Waals surface area contributed by atoms with Gasteiger partial charge in [0.25, 0.3) is 0 Å². The predicted molar refractivity (Wildman–Crippen MR) is 176 cm³/mol. The topological polar surface area (TPSA) is 186 Å². The maximum atomic E-state index is 13.5. The highest BCUT2D eigenvalue weighted by Crippen LogP contribution is 2.14. The van der Waals surface area contributed by atoms with Crippen LogP contribution in [0.1, 0.15) is 109 Å². The van der Waals surface area contributed by atoms with Gasteiger partial charge in [-0.1, -0.05) is 69.2 Å². The van der Waals surface area contributed by atoms with Gasteiger partial charge >= 0.3 is 0 Å². The van der Waals surface area contributed by atoms with Crippen molar-refractivity contribution in [3.05, 3.63) is 0 Å². The van der Waals surface area contributed by atoms with Gasteiger partial charge in [0.2, 0.25) is 29.5 Å². The monoisotopic (exact) mass is 641 g/mol. The molecule has 5 unspecified atom stereocenters. The van der Waals surface area contributed by atoms with E-state index in [-0.39, 0.29) is 48.3 Å². The summed E-state index contributed by atoms with van der Waals surface area (Å²) in [6.45, 7) is 21.9. The minimum absolute atomic E-state index is 0.0599. The summed E-state index contributed by atoms with van der Waals surface area (Å²) in [6.07, 6.45) is -1.18. The number of aliphatic hydroxyl groups is 2. The van der Waals surface area contributed by atoms with E-state index in [1.54, 1.807) is 20.8 Å². The Hall–Kier alpha value is -2.73. The minimum Gasteiger partial charge on any atom is -0.391 e. The van der Waals surface area contributed by atoms with Crippen LogP contribution in [0.2, 0.25) is 0 Å². The first-order chi connectivity index (χ1) is 20.7. The Bertz CT molecular complexity index is 952. The van der Waals surface area contributed by atoms with E-state index >= 15 is 0 Å². The van der Waals surface area contributed by atoms with Crippen LogP contribution in [0, 0.1) is 29.6 Å². The Labute approximate surface area is 271 Å². The molecular weight excluding hydrogens is 578 g/mol. The van der Waals surface area contributed by atoms with Crippen LogP contribution in [-0.2, 0) is 24.0 Å². The largest absolute Gasteiger partial charge is 0.391 e. The van der Waals surface area contributed by atoms with Gasteiger partial charge in [0.15, 0.2) is 0 Å². The van der Waals surface area contributed by atoms with E-state index in [0.29, 0.717) is 12.8 Å². The van der Waals surface area contributed by atoms with E-state index in [1.807, 2.05) is 55.4 Å². The quantitative estimate of drug-likeness (QED) is 0.106. The van der Waals surface area contributed by atoms with Gasteiger partial charge in [0.1, 0.15) is 18.1 Å². The summed E-state index contributed by atoms with van der Waals surface area (Å²) in [6, 6.07) is -3.96. The van der Waals surface area contributed by atoms with Crippen LogP contribution < -0.4 is 26.6 Å². The zero-order valence-electron chi connectivity index (χ0n) is 29.7. The summed E-state index contributed by atoms with van der Waals surface area (Å²) in [5, 5.41) is 34.8. The van der Waals surface area contributed by atoms with Gasteiger partial charge in [-0.05, 0) is 56.3 Å². The fraction of sp³-hybridized carbons (Fsp3) is 0.848. The van der Waals surface area contributed by atoms with Crippen LogP contribution in [-0.4, -0.2) is 82.2 Å². The van der Waals surface area contributed by atoms with E-state index < -0.39 is 66.0 Å². The van der Waals surface area contributed by atoms with E-state index in [2.05, 4.69) is 26.6 Å². The van der Waals surface area contributed by atoms with Gasteiger partial charge in [-0.25, -0.2) is 0 Å². The van der Waals surface area contributed by atoms with Crippen LogP contribution in [0.25, 0.3) is 0 Å². The molecule has 7 atom stereocenters. The molecule has 0 radical (unpaired) electrons. The Morgan fingerprint density at radius 3 is 1.36 bits per heavy atom. The van der Waals surface area contributed by atoms with Crippen LogP contribution in [0.5, 0.6) is 0 Å². The Balaban J connectivity index is 5.54. The van der Waals surface area contributed by atoms with Crippen LogP contribution >= 0.6 is 0 Å². The Morgan fingerprint density at radius 1 is 0.489 bits per heavy atom. The Morgan fingerprint density at radius 2 is 0.911 bits per heavy atom. The first-order valence-corrected chi connectivity index (χ1v) is 16.5. The number of rotatable bonds is 20. The second-order valence-electron chi connectivity index (χ2n) is 14.4. The maximum Gasteiger partial charge on any atom is 0.243 e. The van der Waals surface area contributed by atoms with Crippen molar-refractivity contribution < 1.29 is 34.2 Å². The molecule has 0 spiro atoms. The van der Waals surface area contributed by atoms with Crippen molar-refractivity contribution in [1.29, 1.82) is 0 Å². The van der Waals surface area contributed by atoms with E-state index in [4.69, 9.17) is 0 Å². The fourth-order valence-electron chi connectivity index (χ4n) is 4.90. The summed E-state index contributed by atoms with van der Waals surface area (Å²) >= 11 is 0. The molecule has 0 aromatic rings. The summed E-state index contributed by atoms with van der Waals surface area (Å²) < 4.78 is 0. The molecule has 45 heavy (non-hydrogen) atoms. The highest BCUT2D eigenvalue weighted by atomic mass is 16.3. The van der Waals surface area contributed by atoms with E-state index in [9.17, 15) is 34.2 Å². The standard InChI is InChI=1S/C33H63N5O7/c1-17(2)13-24(23(12)39)35-31(43)22(11)34-28(42)16-26(40)25(14-18(3)4)36-32(44)30(21(9)10)38-33(45)29(20(7)8)37-27(41)15-19(5)6/h17-26,29-30,39-40H,13-16H2,1-12H3,(H,34,42)(H,35,43)(H,36,44)(H,37,41)(H,38,45)/t22?,23?,24?,25?,26?,29-,30-/m0/s1. The van der Waals surface area contributed by atoms with E-state index in [0.717, 1.165) is 0 Å². The molecule has 7 N–H and O–H groups in total. The molecule has 0 aliphatic rings. The first kappa shape index (κ1) is 42.3. The van der Waals surface area contributed by atoms with Crippen molar-refractivity contribution in [2.45, 2.75) is 151 Å². The Kier molecular flexibility index (Phi) is 19.2. The molecule has 0 bridgehead atoms. The number of hydrogen-bond acceptors (Lipinski definition) is 7. The maximum absolute atomic E-state index is 13.5. The van der Waals surface area contributed by atoms with Crippen molar-refractivity contribution in [3.8, 4) is 0 Å². The molecule has 0 aliphatic carbocycles. The van der Waals surface area contributed by atoms with Crippen LogP contribution in [0.15, 0.2) is 0 Å². The minimum atomic E-state index is -1.26. The highest BCUT2D eigenvalue weighted by Gasteiger charge is 2.33. The first-order valence-electron chi connectivity index (χ1n) is 16.5. The zero-order chi connectivity index (χ0) is 35.2. The number of carbonyl (C=O) groups excluding carboxylic acids is 5. The van der Waals surface area contributed by atoms with Crippen molar-refractivity contribution in [3.63, 3.8) is 0 Å². The number of nitrogens with one attached hydrogen (secondary N) is 5. The summed E-state index contributed by atoms with van der Waals surface area (Å²) in [4.78, 5) is 64.6. The van der Waals surface area contributed by atoms with Gasteiger partial charge in [-0.2, -0.15) is 0 Å². The second kappa shape index (κ2) is 20.4. The molecule has 0 rings (SSSR count). The lowest BCUT2D eigenvalue weighted by atomic mass is 9.95. The average Bonchev–Trinajstić information content (AvgIpc) is 2.87. The number of aliphatic hydroxyl groups excluding tert-OH is 2. The van der Waals surface area contributed by atoms with Gasteiger partial charge < -0.3 is 36.8 Å². The third kappa shape index (κ3) is 17.0. The van der Waals surface area contributed by atoms with Crippen molar-refractivity contribution in [2.75, 3.05) is 0 Å². The lowest BCUT2D eigenvalue weighted by Crippen LogP contribution is -2.59. The molecule has 0 aliphatic heterocycles. The van der Waals surface area contributed by atoms with Crippen LogP contribution in [0.3, 0.4) is 0 Å². The molecule has 0 fully saturated rings. The number of amides is 5. The van der Waals surface area contributed by atoms with Gasteiger partial charge in [-0.15, -0.1) is 0 Å². The predicted octanol–water partition coefficient (Wildman–Crippen LogP) is 2.01. The van der Waals surface area contributed by atoms with Gasteiger partial charge in [0, 0.05) is 6.42 Å². The average molecular weight is 642 g/mol. The fourth-order valence-corrected chi connectivity index (χ4v) is 4.90. The molecule has 12 heteroatoms. The SMILES string of the molecule is CC(C)CC(=O)N[C@H](C(=O)N[C@H](C(=O)NC(CC(C)C)C(O)CC(=O)NC(C)C(=O)NC(CC(C)C)C(C)O)C(C)C)C(C)C. The lowest BCUT2D eigenvalue weighted by molar-refractivity contribution is -0.134. The summed E-state index contributed by atoms with van der Waals surface area (Å²) in [5.74, 6) is -2.36. The smallest absolute Gasteiger partial charge is 0.243 e. The zero-order valence-corrected chi connectivity index (χ0v) is 29.7. The van der Waals surface area contributed by atoms with Crippen LogP contribution in [0.4, 0.5) is 0 Å². The third-order valence-electron chi connectivity index (χ3n) is 7.42. The third-order valence-corrected chi connectivity index (χ3v) is 7.42. The summed E-state index contributed by atoms with van der Waals surface area (Å²) in [7, 11) is 0. The highest BCUT2D eigenvalue weighted by molar-refractivity contribution is 5.92. The van der Waals surface area contributed by atoms with Crippen molar-refractivity contribution >= 4 is 29.5 Å². The molecule has 262 valence electrons. The molecule has 5 amide bonds. The number of hydrogen-bond donors (Lipinski definition) is 7. The molecule has 0 saturated heterocycles. The molecule has 0 heterocycles. The molecule has 0 aromatic heterocycles. The van der Waals surface area contributed by atoms with Gasteiger partial charge in [-0.3, -0.25) is 24.0 Å². The second-order valence-corrected chi connectivity index (χ2v) is 14.4. The number of carbonyl (C=O) groups is 5. The van der Waals surface area contributed by atoms with Crippen molar-refractivity contribution in [2.24, 2.45) is 29.6 Å². The summed E-state index contributed by atoms with van der Waals surface area (Å²) in [5.41, 5.74) is 0. The van der Waals surface area contributed by atoms with E-state index in [1.165, 1.54) is 6.92 Å². The van der Waals surface area contributed by atoms with Gasteiger partial charge in [0.05, 0.1) is 30.7 Å². The normalized spacial score (nSPS) is 16.5. The molecular formula is C33H63N5O7. The van der Waals surface area contributed by atoms with Crippen molar-refractivity contribution in [1.82, 2.24) is 26.6 Å². The molecule has 12 nitrogen and oxygen atoms in total. The lowest BCUT2D eigenvalue weighted by Gasteiger charge is -2.31. The molecule has 0 aromatic carbocycles.